The van der Waals surface area contributed by atoms with Gasteiger partial charge in [0.25, 0.3) is 5.69 Å². The number of carbonyl (C=O) groups excluding carboxylic acids is 1. The summed E-state index contributed by atoms with van der Waals surface area (Å²) in [6.45, 7) is 7.38. The Hall–Kier alpha value is -3.20. The van der Waals surface area contributed by atoms with E-state index in [9.17, 15) is 14.9 Å². The fraction of sp³-hybridized carbons (Fsp3) is 0.318. The van der Waals surface area contributed by atoms with Crippen LogP contribution in [0.5, 0.6) is 0 Å². The largest absolute Gasteiger partial charge is 0.346 e. The van der Waals surface area contributed by atoms with E-state index in [1.54, 1.807) is 12.1 Å². The Balaban J connectivity index is 1.95. The normalized spacial score (nSPS) is 12.4. The number of thioether (sulfide) groups is 1. The zero-order valence-corrected chi connectivity index (χ0v) is 18.7. The SMILES string of the molecule is CC(NC(=O)C(C)(C)C)c1nnc(SCc2ccccc2)n1-c1ccc([N+](=O)[O-])cc1. The van der Waals surface area contributed by atoms with Crippen LogP contribution in [-0.2, 0) is 10.5 Å². The van der Waals surface area contributed by atoms with E-state index in [1.807, 2.05) is 62.6 Å². The Morgan fingerprint density at radius 2 is 1.77 bits per heavy atom. The molecule has 1 unspecified atom stereocenters. The summed E-state index contributed by atoms with van der Waals surface area (Å²) in [5.74, 6) is 1.15. The van der Waals surface area contributed by atoms with Gasteiger partial charge >= 0.3 is 0 Å². The molecule has 0 aliphatic carbocycles. The molecule has 0 radical (unpaired) electrons. The standard InChI is InChI=1S/C22H25N5O3S/c1-15(23-20(28)22(2,3)4)19-24-25-21(31-14-16-8-6-5-7-9-16)26(19)17-10-12-18(13-11-17)27(29)30/h5-13,15H,14H2,1-4H3,(H,23,28). The lowest BCUT2D eigenvalue weighted by molar-refractivity contribution is -0.384. The summed E-state index contributed by atoms with van der Waals surface area (Å²) in [7, 11) is 0. The second-order valence-electron chi connectivity index (χ2n) is 8.17. The highest BCUT2D eigenvalue weighted by atomic mass is 32.2. The van der Waals surface area contributed by atoms with E-state index < -0.39 is 16.4 Å². The van der Waals surface area contributed by atoms with E-state index in [0.717, 1.165) is 5.56 Å². The lowest BCUT2D eigenvalue weighted by Gasteiger charge is -2.22. The molecule has 1 N–H and O–H groups in total. The monoisotopic (exact) mass is 439 g/mol. The molecule has 1 heterocycles. The molecule has 0 fully saturated rings. The van der Waals surface area contributed by atoms with E-state index >= 15 is 0 Å². The molecule has 1 amide bonds. The average molecular weight is 440 g/mol. The van der Waals surface area contributed by atoms with E-state index in [2.05, 4.69) is 15.5 Å². The molecule has 1 atom stereocenters. The van der Waals surface area contributed by atoms with Gasteiger partial charge < -0.3 is 5.32 Å². The van der Waals surface area contributed by atoms with Crippen LogP contribution in [-0.4, -0.2) is 25.6 Å². The fourth-order valence-electron chi connectivity index (χ4n) is 2.82. The van der Waals surface area contributed by atoms with Crippen molar-refractivity contribution in [3.8, 4) is 5.69 Å². The third-order valence-corrected chi connectivity index (χ3v) is 5.60. The van der Waals surface area contributed by atoms with Gasteiger partial charge in [0, 0.05) is 29.0 Å². The number of nitrogens with one attached hydrogen (secondary N) is 1. The first-order chi connectivity index (χ1) is 14.7. The average Bonchev–Trinajstić information content (AvgIpc) is 3.16. The lowest BCUT2D eigenvalue weighted by Crippen LogP contribution is -2.37. The molecule has 1 aromatic heterocycles. The maximum absolute atomic E-state index is 12.5. The molecular formula is C22H25N5O3S. The second-order valence-corrected chi connectivity index (χ2v) is 9.11. The summed E-state index contributed by atoms with van der Waals surface area (Å²) in [4.78, 5) is 23.1. The Bertz CT molecular complexity index is 1060. The van der Waals surface area contributed by atoms with Gasteiger partial charge in [-0.25, -0.2) is 0 Å². The molecule has 0 spiro atoms. The van der Waals surface area contributed by atoms with Crippen LogP contribution in [0.25, 0.3) is 5.69 Å². The summed E-state index contributed by atoms with van der Waals surface area (Å²) < 4.78 is 1.84. The molecular weight excluding hydrogens is 414 g/mol. The van der Waals surface area contributed by atoms with Crippen LogP contribution in [0.1, 0.15) is 45.1 Å². The van der Waals surface area contributed by atoms with Crippen LogP contribution in [0, 0.1) is 15.5 Å². The zero-order valence-electron chi connectivity index (χ0n) is 17.9. The highest BCUT2D eigenvalue weighted by Gasteiger charge is 2.26. The molecule has 3 aromatic rings. The molecule has 0 bridgehead atoms. The topological polar surface area (TPSA) is 103 Å². The van der Waals surface area contributed by atoms with Gasteiger partial charge in [0.05, 0.1) is 11.0 Å². The second kappa shape index (κ2) is 9.30. The van der Waals surface area contributed by atoms with Gasteiger partial charge in [-0.2, -0.15) is 0 Å². The van der Waals surface area contributed by atoms with E-state index in [-0.39, 0.29) is 11.6 Å². The minimum absolute atomic E-state index is 0.00551. The van der Waals surface area contributed by atoms with Crippen LogP contribution in [0.2, 0.25) is 0 Å². The third kappa shape index (κ3) is 5.49. The molecule has 0 saturated carbocycles. The molecule has 162 valence electrons. The number of nitro groups is 1. The van der Waals surface area contributed by atoms with Gasteiger partial charge in [0.2, 0.25) is 5.91 Å². The van der Waals surface area contributed by atoms with E-state index in [4.69, 9.17) is 0 Å². The van der Waals surface area contributed by atoms with Crippen molar-refractivity contribution in [3.05, 3.63) is 76.1 Å². The number of hydrogen-bond donors (Lipinski definition) is 1. The predicted octanol–water partition coefficient (Wildman–Crippen LogP) is 4.69. The van der Waals surface area contributed by atoms with Gasteiger partial charge in [-0.1, -0.05) is 62.9 Å². The zero-order chi connectivity index (χ0) is 22.6. The van der Waals surface area contributed by atoms with Crippen LogP contribution < -0.4 is 5.32 Å². The Morgan fingerprint density at radius 3 is 2.35 bits per heavy atom. The molecule has 9 heteroatoms. The van der Waals surface area contributed by atoms with Gasteiger partial charge in [0.15, 0.2) is 11.0 Å². The van der Waals surface area contributed by atoms with Crippen molar-refractivity contribution < 1.29 is 9.72 Å². The maximum Gasteiger partial charge on any atom is 0.269 e. The minimum Gasteiger partial charge on any atom is -0.346 e. The van der Waals surface area contributed by atoms with Crippen LogP contribution in [0.4, 0.5) is 5.69 Å². The van der Waals surface area contributed by atoms with Crippen molar-refractivity contribution in [1.29, 1.82) is 0 Å². The summed E-state index contributed by atoms with van der Waals surface area (Å²) in [6.07, 6.45) is 0. The quantitative estimate of drug-likeness (QED) is 0.325. The number of aromatic nitrogens is 3. The molecule has 0 saturated heterocycles. The van der Waals surface area contributed by atoms with Gasteiger partial charge in [0.1, 0.15) is 0 Å². The molecule has 0 aliphatic heterocycles. The molecule has 31 heavy (non-hydrogen) atoms. The number of benzene rings is 2. The summed E-state index contributed by atoms with van der Waals surface area (Å²) in [5.41, 5.74) is 1.29. The minimum atomic E-state index is -0.544. The van der Waals surface area contributed by atoms with Crippen LogP contribution in [0.15, 0.2) is 59.8 Å². The molecule has 3 rings (SSSR count). The smallest absolute Gasteiger partial charge is 0.269 e. The van der Waals surface area contributed by atoms with E-state index in [1.165, 1.54) is 23.9 Å². The molecule has 8 nitrogen and oxygen atoms in total. The van der Waals surface area contributed by atoms with Gasteiger partial charge in [-0.15, -0.1) is 10.2 Å². The van der Waals surface area contributed by atoms with E-state index in [0.29, 0.717) is 22.4 Å². The van der Waals surface area contributed by atoms with Crippen molar-refractivity contribution in [3.63, 3.8) is 0 Å². The van der Waals surface area contributed by atoms with Crippen molar-refractivity contribution in [2.75, 3.05) is 0 Å². The maximum atomic E-state index is 12.5. The molecule has 0 aliphatic rings. The summed E-state index contributed by atoms with van der Waals surface area (Å²) in [6, 6.07) is 15.8. The summed E-state index contributed by atoms with van der Waals surface area (Å²) >= 11 is 1.51. The number of hydrogen-bond acceptors (Lipinski definition) is 6. The number of rotatable bonds is 7. The highest BCUT2D eigenvalue weighted by molar-refractivity contribution is 7.98. The van der Waals surface area contributed by atoms with Crippen molar-refractivity contribution in [2.45, 2.75) is 44.6 Å². The first-order valence-electron chi connectivity index (χ1n) is 9.84. The number of nitro benzene ring substituents is 1. The first kappa shape index (κ1) is 22.5. The van der Waals surface area contributed by atoms with Crippen molar-refractivity contribution in [1.82, 2.24) is 20.1 Å². The first-order valence-corrected chi connectivity index (χ1v) is 10.8. The van der Waals surface area contributed by atoms with Gasteiger partial charge in [-0.05, 0) is 24.6 Å². The number of non-ortho nitro benzene ring substituents is 1. The number of nitrogens with zero attached hydrogens (tertiary/aromatic N) is 4. The number of carbonyl (C=O) groups is 1. The van der Waals surface area contributed by atoms with Crippen molar-refractivity contribution >= 4 is 23.4 Å². The lowest BCUT2D eigenvalue weighted by atomic mass is 9.95. The predicted molar refractivity (Wildman–Crippen MR) is 120 cm³/mol. The van der Waals surface area contributed by atoms with Crippen molar-refractivity contribution in [2.24, 2.45) is 5.41 Å². The van der Waals surface area contributed by atoms with Crippen LogP contribution in [0.3, 0.4) is 0 Å². The highest BCUT2D eigenvalue weighted by Crippen LogP contribution is 2.29. The Morgan fingerprint density at radius 1 is 1.13 bits per heavy atom. The molecule has 2 aromatic carbocycles. The summed E-state index contributed by atoms with van der Waals surface area (Å²) in [5, 5.41) is 23.4. The fourth-order valence-corrected chi connectivity index (χ4v) is 3.74. The Kier molecular flexibility index (Phi) is 6.74. The number of amides is 1. The Labute approximate surface area is 185 Å². The third-order valence-electron chi connectivity index (χ3n) is 4.60. The van der Waals surface area contributed by atoms with Gasteiger partial charge in [-0.3, -0.25) is 19.5 Å². The van der Waals surface area contributed by atoms with Crippen LogP contribution >= 0.6 is 11.8 Å².